The first kappa shape index (κ1) is 19.8. The van der Waals surface area contributed by atoms with Crippen molar-refractivity contribution in [3.05, 3.63) is 86.7 Å². The van der Waals surface area contributed by atoms with Gasteiger partial charge in [0.05, 0.1) is 16.5 Å². The van der Waals surface area contributed by atoms with Crippen molar-refractivity contribution in [2.45, 2.75) is 6.54 Å². The Morgan fingerprint density at radius 2 is 1.86 bits per heavy atom. The number of rotatable bonds is 4. The van der Waals surface area contributed by atoms with E-state index in [1.54, 1.807) is 42.5 Å². The van der Waals surface area contributed by atoms with Gasteiger partial charge >= 0.3 is 0 Å². The fourth-order valence-corrected chi connectivity index (χ4v) is 4.03. The summed E-state index contributed by atoms with van der Waals surface area (Å²) in [6.07, 6.45) is 1.48. The molecule has 0 unspecified atom stereocenters. The van der Waals surface area contributed by atoms with Gasteiger partial charge in [-0.2, -0.15) is 0 Å². The van der Waals surface area contributed by atoms with Crippen molar-refractivity contribution in [3.8, 4) is 11.3 Å². The molecule has 0 radical (unpaired) electrons. The van der Waals surface area contributed by atoms with Gasteiger partial charge in [-0.25, -0.2) is 4.39 Å². The Hall–Kier alpha value is -2.54. The van der Waals surface area contributed by atoms with Crippen LogP contribution in [-0.2, 0) is 11.3 Å². The van der Waals surface area contributed by atoms with Crippen LogP contribution in [0.1, 0.15) is 11.3 Å². The average molecular weight is 448 g/mol. The lowest BCUT2D eigenvalue weighted by molar-refractivity contribution is -0.123. The van der Waals surface area contributed by atoms with Crippen molar-refractivity contribution in [1.29, 1.82) is 0 Å². The molecular weight excluding hydrogens is 436 g/mol. The maximum atomic E-state index is 13.9. The van der Waals surface area contributed by atoms with E-state index in [1.165, 1.54) is 18.2 Å². The normalized spacial score (nSPS) is 15.6. The highest BCUT2D eigenvalue weighted by molar-refractivity contribution is 8.18. The molecule has 1 aromatic heterocycles. The largest absolute Gasteiger partial charge is 0.457 e. The summed E-state index contributed by atoms with van der Waals surface area (Å²) in [5, 5.41) is 0.520. The number of amides is 2. The highest BCUT2D eigenvalue weighted by Gasteiger charge is 2.35. The van der Waals surface area contributed by atoms with E-state index in [0.29, 0.717) is 27.1 Å². The number of nitrogens with zero attached hydrogens (tertiary/aromatic N) is 1. The second-order valence-electron chi connectivity index (χ2n) is 6.19. The van der Waals surface area contributed by atoms with Crippen molar-refractivity contribution in [2.24, 2.45) is 0 Å². The van der Waals surface area contributed by atoms with Crippen LogP contribution in [0.3, 0.4) is 0 Å². The Morgan fingerprint density at radius 3 is 2.66 bits per heavy atom. The number of carbonyl (C=O) groups excluding carboxylic acids is 2. The predicted molar refractivity (Wildman–Crippen MR) is 112 cm³/mol. The van der Waals surface area contributed by atoms with E-state index in [9.17, 15) is 14.0 Å². The number of carbonyl (C=O) groups is 2. The standard InChI is InChI=1S/C21H12Cl2FNO3S/c22-13-5-7-16(23)15(9-13)18-8-6-14(28-18)10-19-20(26)25(21(27)29-19)11-12-3-1-2-4-17(12)24/h1-10H,11H2/b19-10-. The Labute approximate surface area is 179 Å². The second-order valence-corrected chi connectivity index (χ2v) is 8.02. The van der Waals surface area contributed by atoms with Gasteiger partial charge < -0.3 is 4.42 Å². The molecule has 1 aliphatic heterocycles. The molecule has 0 bridgehead atoms. The molecule has 2 aromatic carbocycles. The smallest absolute Gasteiger partial charge is 0.293 e. The monoisotopic (exact) mass is 447 g/mol. The molecule has 0 spiro atoms. The number of furan rings is 1. The number of halogens is 3. The van der Waals surface area contributed by atoms with Crippen LogP contribution in [0.2, 0.25) is 10.0 Å². The lowest BCUT2D eigenvalue weighted by Gasteiger charge is -2.12. The van der Waals surface area contributed by atoms with Gasteiger partial charge in [0.2, 0.25) is 0 Å². The third kappa shape index (κ3) is 4.10. The Kier molecular flexibility index (Phi) is 5.50. The summed E-state index contributed by atoms with van der Waals surface area (Å²) in [5.41, 5.74) is 0.887. The number of hydrogen-bond donors (Lipinski definition) is 0. The van der Waals surface area contributed by atoms with Crippen LogP contribution >= 0.6 is 35.0 Å². The van der Waals surface area contributed by atoms with Gasteiger partial charge in [0.15, 0.2) is 0 Å². The summed E-state index contributed by atoms with van der Waals surface area (Å²) >= 11 is 13.0. The zero-order chi connectivity index (χ0) is 20.5. The van der Waals surface area contributed by atoms with Crippen LogP contribution in [-0.4, -0.2) is 16.0 Å². The molecule has 4 nitrogen and oxygen atoms in total. The fourth-order valence-electron chi connectivity index (χ4n) is 2.82. The molecular formula is C21H12Cl2FNO3S. The van der Waals surface area contributed by atoms with Crippen molar-refractivity contribution < 1.29 is 18.4 Å². The summed E-state index contributed by atoms with van der Waals surface area (Å²) in [5.74, 6) is -0.103. The van der Waals surface area contributed by atoms with Crippen molar-refractivity contribution in [2.75, 3.05) is 0 Å². The van der Waals surface area contributed by atoms with Gasteiger partial charge in [0.25, 0.3) is 11.1 Å². The molecule has 4 rings (SSSR count). The molecule has 2 heterocycles. The van der Waals surface area contributed by atoms with Crippen LogP contribution < -0.4 is 0 Å². The summed E-state index contributed by atoms with van der Waals surface area (Å²) in [6.45, 7) is -0.129. The van der Waals surface area contributed by atoms with Crippen molar-refractivity contribution >= 4 is 52.2 Å². The Bertz CT molecular complexity index is 1160. The van der Waals surface area contributed by atoms with E-state index < -0.39 is 17.0 Å². The number of benzene rings is 2. The lowest BCUT2D eigenvalue weighted by Crippen LogP contribution is -2.27. The highest BCUT2D eigenvalue weighted by Crippen LogP contribution is 2.36. The fraction of sp³-hybridized carbons (Fsp3) is 0.0476. The second kappa shape index (κ2) is 8.06. The van der Waals surface area contributed by atoms with Crippen molar-refractivity contribution in [1.82, 2.24) is 4.90 Å². The maximum absolute atomic E-state index is 13.9. The molecule has 0 aliphatic carbocycles. The highest BCUT2D eigenvalue weighted by atomic mass is 35.5. The van der Waals surface area contributed by atoms with Crippen LogP contribution in [0.5, 0.6) is 0 Å². The molecule has 1 aliphatic rings. The molecule has 29 heavy (non-hydrogen) atoms. The van der Waals surface area contributed by atoms with Gasteiger partial charge in [-0.05, 0) is 48.2 Å². The minimum Gasteiger partial charge on any atom is -0.457 e. The minimum atomic E-state index is -0.498. The van der Waals surface area contributed by atoms with Crippen LogP contribution in [0.4, 0.5) is 9.18 Å². The van der Waals surface area contributed by atoms with Crippen LogP contribution in [0.25, 0.3) is 17.4 Å². The van der Waals surface area contributed by atoms with E-state index in [-0.39, 0.29) is 17.0 Å². The van der Waals surface area contributed by atoms with Gasteiger partial charge in [0.1, 0.15) is 17.3 Å². The van der Waals surface area contributed by atoms with E-state index >= 15 is 0 Å². The van der Waals surface area contributed by atoms with Gasteiger partial charge in [-0.3, -0.25) is 14.5 Å². The molecule has 0 N–H and O–H groups in total. The number of hydrogen-bond acceptors (Lipinski definition) is 4. The topological polar surface area (TPSA) is 50.5 Å². The zero-order valence-electron chi connectivity index (χ0n) is 14.7. The van der Waals surface area contributed by atoms with E-state index in [1.807, 2.05) is 0 Å². The maximum Gasteiger partial charge on any atom is 0.293 e. The first-order chi connectivity index (χ1) is 13.9. The Morgan fingerprint density at radius 1 is 1.07 bits per heavy atom. The molecule has 146 valence electrons. The zero-order valence-corrected chi connectivity index (χ0v) is 17.0. The number of imide groups is 1. The molecule has 2 amide bonds. The molecule has 1 saturated heterocycles. The van der Waals surface area contributed by atoms with Crippen LogP contribution in [0, 0.1) is 5.82 Å². The molecule has 1 fully saturated rings. The predicted octanol–water partition coefficient (Wildman–Crippen LogP) is 6.63. The summed E-state index contributed by atoms with van der Waals surface area (Å²) < 4.78 is 19.6. The Balaban J connectivity index is 1.57. The third-order valence-corrected chi connectivity index (χ3v) is 5.73. The van der Waals surface area contributed by atoms with E-state index in [4.69, 9.17) is 27.6 Å². The quantitative estimate of drug-likeness (QED) is 0.421. The minimum absolute atomic E-state index is 0.129. The average Bonchev–Trinajstić information content (AvgIpc) is 3.25. The molecule has 8 heteroatoms. The van der Waals surface area contributed by atoms with Gasteiger partial charge in [-0.15, -0.1) is 0 Å². The molecule has 0 atom stereocenters. The molecule has 0 saturated carbocycles. The third-order valence-electron chi connectivity index (χ3n) is 4.25. The van der Waals surface area contributed by atoms with Gasteiger partial charge in [0, 0.05) is 22.2 Å². The summed E-state index contributed by atoms with van der Waals surface area (Å²) in [4.78, 5) is 26.1. The van der Waals surface area contributed by atoms with Crippen molar-refractivity contribution in [3.63, 3.8) is 0 Å². The SMILES string of the molecule is O=C1S/C(=C\c2ccc(-c3cc(Cl)ccc3Cl)o2)C(=O)N1Cc1ccccc1F. The first-order valence-corrected chi connectivity index (χ1v) is 10.0. The van der Waals surface area contributed by atoms with Gasteiger partial charge in [-0.1, -0.05) is 41.4 Å². The number of thioether (sulfide) groups is 1. The summed E-state index contributed by atoms with van der Waals surface area (Å²) in [7, 11) is 0. The lowest BCUT2D eigenvalue weighted by atomic mass is 10.2. The van der Waals surface area contributed by atoms with E-state index in [2.05, 4.69) is 0 Å². The van der Waals surface area contributed by atoms with Crippen LogP contribution in [0.15, 0.2) is 63.9 Å². The molecule has 3 aromatic rings. The first-order valence-electron chi connectivity index (χ1n) is 8.46. The summed E-state index contributed by atoms with van der Waals surface area (Å²) in [6, 6.07) is 14.4. The van der Waals surface area contributed by atoms with E-state index in [0.717, 1.165) is 16.7 Å².